The monoisotopic (exact) mass is 285 g/mol. The molecular weight excluding hydrogens is 262 g/mol. The standard InChI is InChI=1S/C14H24ClN3O/c1-5-10-13(15)11(18(4)17-10)8-12(19)14(6-2,7-3)9-16/h5-9,16H2,1-4H3. The number of carbonyl (C=O) groups is 1. The molecule has 0 atom stereocenters. The third kappa shape index (κ3) is 3.00. The van der Waals surface area contributed by atoms with E-state index in [-0.39, 0.29) is 5.78 Å². The summed E-state index contributed by atoms with van der Waals surface area (Å²) in [7, 11) is 1.83. The number of halogens is 1. The first-order valence-corrected chi connectivity index (χ1v) is 7.27. The van der Waals surface area contributed by atoms with Crippen molar-refractivity contribution < 1.29 is 4.79 Å². The molecule has 0 radical (unpaired) electrons. The van der Waals surface area contributed by atoms with Crippen molar-refractivity contribution in [2.75, 3.05) is 6.54 Å². The molecule has 0 spiro atoms. The summed E-state index contributed by atoms with van der Waals surface area (Å²) < 4.78 is 1.71. The maximum absolute atomic E-state index is 12.6. The van der Waals surface area contributed by atoms with Crippen molar-refractivity contribution in [2.45, 2.75) is 46.5 Å². The van der Waals surface area contributed by atoms with Crippen LogP contribution in [0.1, 0.15) is 45.0 Å². The first kappa shape index (κ1) is 16.2. The fraction of sp³-hybridized carbons (Fsp3) is 0.714. The average Bonchev–Trinajstić information content (AvgIpc) is 2.69. The van der Waals surface area contributed by atoms with E-state index >= 15 is 0 Å². The molecule has 1 aromatic rings. The van der Waals surface area contributed by atoms with Crippen LogP contribution < -0.4 is 5.73 Å². The molecule has 108 valence electrons. The van der Waals surface area contributed by atoms with E-state index in [1.807, 2.05) is 27.8 Å². The lowest BCUT2D eigenvalue weighted by Crippen LogP contribution is -2.39. The van der Waals surface area contributed by atoms with E-state index in [1.165, 1.54) is 0 Å². The van der Waals surface area contributed by atoms with Crippen molar-refractivity contribution in [3.05, 3.63) is 16.4 Å². The van der Waals surface area contributed by atoms with Crippen molar-refractivity contribution in [3.8, 4) is 0 Å². The van der Waals surface area contributed by atoms with Crippen LogP contribution in [0.15, 0.2) is 0 Å². The lowest BCUT2D eigenvalue weighted by Gasteiger charge is -2.28. The van der Waals surface area contributed by atoms with Crippen LogP contribution in [0.4, 0.5) is 0 Å². The minimum absolute atomic E-state index is 0.160. The van der Waals surface area contributed by atoms with Gasteiger partial charge in [0.1, 0.15) is 5.78 Å². The predicted octanol–water partition coefficient (Wildman–Crippen LogP) is 2.51. The average molecular weight is 286 g/mol. The van der Waals surface area contributed by atoms with Gasteiger partial charge in [0.25, 0.3) is 0 Å². The second-order valence-corrected chi connectivity index (χ2v) is 5.35. The van der Waals surface area contributed by atoms with Crippen molar-refractivity contribution in [3.63, 3.8) is 0 Å². The summed E-state index contributed by atoms with van der Waals surface area (Å²) in [4.78, 5) is 12.6. The molecule has 0 saturated heterocycles. The molecule has 2 N–H and O–H groups in total. The maximum Gasteiger partial charge on any atom is 0.146 e. The van der Waals surface area contributed by atoms with Crippen molar-refractivity contribution in [1.82, 2.24) is 9.78 Å². The molecule has 0 amide bonds. The van der Waals surface area contributed by atoms with Gasteiger partial charge in [-0.1, -0.05) is 32.4 Å². The molecule has 0 aromatic carbocycles. The lowest BCUT2D eigenvalue weighted by molar-refractivity contribution is -0.128. The smallest absolute Gasteiger partial charge is 0.146 e. The van der Waals surface area contributed by atoms with Gasteiger partial charge in [0, 0.05) is 19.0 Å². The van der Waals surface area contributed by atoms with Gasteiger partial charge in [-0.3, -0.25) is 9.48 Å². The highest BCUT2D eigenvalue weighted by Gasteiger charge is 2.34. The number of carbonyl (C=O) groups excluding carboxylic acids is 1. The van der Waals surface area contributed by atoms with E-state index in [0.717, 1.165) is 30.7 Å². The van der Waals surface area contributed by atoms with Gasteiger partial charge in [-0.15, -0.1) is 0 Å². The summed E-state index contributed by atoms with van der Waals surface area (Å²) in [6.45, 7) is 6.41. The number of hydrogen-bond acceptors (Lipinski definition) is 3. The number of hydrogen-bond donors (Lipinski definition) is 1. The molecule has 19 heavy (non-hydrogen) atoms. The molecule has 1 aromatic heterocycles. The van der Waals surface area contributed by atoms with Crippen LogP contribution in [0.5, 0.6) is 0 Å². The van der Waals surface area contributed by atoms with Gasteiger partial charge in [-0.2, -0.15) is 5.10 Å². The Morgan fingerprint density at radius 3 is 2.32 bits per heavy atom. The minimum atomic E-state index is -0.431. The number of ketones is 1. The molecule has 1 rings (SSSR count). The number of Topliss-reactive ketones (excluding diaryl/α,β-unsaturated/α-hetero) is 1. The van der Waals surface area contributed by atoms with Gasteiger partial charge < -0.3 is 5.73 Å². The summed E-state index contributed by atoms with van der Waals surface area (Å²) >= 11 is 6.29. The Kier molecular flexibility index (Phi) is 5.56. The van der Waals surface area contributed by atoms with Gasteiger partial charge in [0.2, 0.25) is 0 Å². The third-order valence-corrected chi connectivity index (χ3v) is 4.60. The van der Waals surface area contributed by atoms with E-state index in [9.17, 15) is 4.79 Å². The predicted molar refractivity (Wildman–Crippen MR) is 78.4 cm³/mol. The van der Waals surface area contributed by atoms with E-state index in [0.29, 0.717) is 18.0 Å². The zero-order valence-corrected chi connectivity index (χ0v) is 13.0. The highest BCUT2D eigenvalue weighted by atomic mass is 35.5. The van der Waals surface area contributed by atoms with E-state index in [1.54, 1.807) is 4.68 Å². The topological polar surface area (TPSA) is 60.9 Å². The molecule has 0 unspecified atom stereocenters. The van der Waals surface area contributed by atoms with E-state index in [4.69, 9.17) is 17.3 Å². The first-order chi connectivity index (χ1) is 8.95. The quantitative estimate of drug-likeness (QED) is 0.837. The summed E-state index contributed by atoms with van der Waals surface area (Å²) in [6, 6.07) is 0. The van der Waals surface area contributed by atoms with E-state index < -0.39 is 5.41 Å². The molecule has 0 saturated carbocycles. The van der Waals surface area contributed by atoms with Crippen LogP contribution in [0.3, 0.4) is 0 Å². The Morgan fingerprint density at radius 2 is 1.95 bits per heavy atom. The highest BCUT2D eigenvalue weighted by molar-refractivity contribution is 6.32. The largest absolute Gasteiger partial charge is 0.329 e. The molecule has 0 aliphatic carbocycles. The van der Waals surface area contributed by atoms with Gasteiger partial charge in [0.05, 0.1) is 22.8 Å². The Bertz CT molecular complexity index is 442. The lowest BCUT2D eigenvalue weighted by atomic mass is 9.77. The molecule has 0 bridgehead atoms. The number of nitrogens with two attached hydrogens (primary N) is 1. The fourth-order valence-electron chi connectivity index (χ4n) is 2.40. The van der Waals surface area contributed by atoms with Crippen LogP contribution in [0.25, 0.3) is 0 Å². The molecule has 4 nitrogen and oxygen atoms in total. The van der Waals surface area contributed by atoms with Crippen LogP contribution >= 0.6 is 11.6 Å². The Morgan fingerprint density at radius 1 is 1.37 bits per heavy atom. The molecule has 1 heterocycles. The Balaban J connectivity index is 3.02. The van der Waals surface area contributed by atoms with Gasteiger partial charge >= 0.3 is 0 Å². The van der Waals surface area contributed by atoms with Crippen molar-refractivity contribution in [2.24, 2.45) is 18.2 Å². The number of nitrogens with zero attached hydrogens (tertiary/aromatic N) is 2. The molecule has 5 heteroatoms. The maximum atomic E-state index is 12.6. The van der Waals surface area contributed by atoms with Crippen LogP contribution in [-0.2, 0) is 24.7 Å². The van der Waals surface area contributed by atoms with Crippen molar-refractivity contribution >= 4 is 17.4 Å². The van der Waals surface area contributed by atoms with Crippen molar-refractivity contribution in [1.29, 1.82) is 0 Å². The molecule has 0 fully saturated rings. The molecule has 0 aliphatic rings. The number of aromatic nitrogens is 2. The van der Waals surface area contributed by atoms with Gasteiger partial charge in [-0.05, 0) is 19.3 Å². The number of aryl methyl sites for hydroxylation is 2. The fourth-order valence-corrected chi connectivity index (χ4v) is 2.76. The summed E-state index contributed by atoms with van der Waals surface area (Å²) in [5.74, 6) is 0.160. The van der Waals surface area contributed by atoms with Crippen LogP contribution in [-0.4, -0.2) is 22.1 Å². The zero-order chi connectivity index (χ0) is 14.6. The second kappa shape index (κ2) is 6.53. The van der Waals surface area contributed by atoms with E-state index in [2.05, 4.69) is 5.10 Å². The minimum Gasteiger partial charge on any atom is -0.329 e. The van der Waals surface area contributed by atoms with Gasteiger partial charge in [0.15, 0.2) is 0 Å². The van der Waals surface area contributed by atoms with Gasteiger partial charge in [-0.25, -0.2) is 0 Å². The Hall–Kier alpha value is -0.870. The second-order valence-electron chi connectivity index (χ2n) is 4.98. The normalized spacial score (nSPS) is 11.9. The zero-order valence-electron chi connectivity index (χ0n) is 12.3. The van der Waals surface area contributed by atoms with Crippen LogP contribution in [0.2, 0.25) is 5.02 Å². The SMILES string of the molecule is CCc1nn(C)c(CC(=O)C(CC)(CC)CN)c1Cl. The molecular formula is C14H24ClN3O. The number of rotatable bonds is 7. The van der Waals surface area contributed by atoms with Crippen LogP contribution in [0, 0.1) is 5.41 Å². The summed E-state index contributed by atoms with van der Waals surface area (Å²) in [5.41, 5.74) is 7.02. The third-order valence-electron chi connectivity index (χ3n) is 4.17. The summed E-state index contributed by atoms with van der Waals surface area (Å²) in [6.07, 6.45) is 2.59. The Labute approximate surface area is 120 Å². The summed E-state index contributed by atoms with van der Waals surface area (Å²) in [5, 5.41) is 4.96. The highest BCUT2D eigenvalue weighted by Crippen LogP contribution is 2.30. The first-order valence-electron chi connectivity index (χ1n) is 6.89. The molecule has 0 aliphatic heterocycles.